The van der Waals surface area contributed by atoms with Crippen molar-refractivity contribution >= 4 is 29.2 Å². The van der Waals surface area contributed by atoms with E-state index in [-0.39, 0.29) is 32.4 Å². The highest BCUT2D eigenvalue weighted by atomic mass is 19.1. The second-order valence-electron chi connectivity index (χ2n) is 23.0. The maximum atomic E-state index is 15.2. The number of carbonyl (C=O) groups excluding carboxylic acids is 3. The van der Waals surface area contributed by atoms with Crippen LogP contribution in [0.4, 0.5) is 20.6 Å². The Balaban J connectivity index is 1.07. The van der Waals surface area contributed by atoms with Crippen LogP contribution in [0, 0.1) is 29.5 Å². The molecule has 6 heterocycles. The number of Topliss-reactive ketones (excluding diaryl/α,β-unsaturated/α-hetero) is 1. The molecule has 7 rings (SSSR count). The Hall–Kier alpha value is -3.98. The van der Waals surface area contributed by atoms with Crippen LogP contribution < -0.4 is 9.80 Å². The van der Waals surface area contributed by atoms with Crippen molar-refractivity contribution in [3.8, 4) is 0 Å². The largest absolute Gasteiger partial charge is 0.459 e. The lowest BCUT2D eigenvalue weighted by molar-refractivity contribution is -0.318. The molecule has 1 aromatic carbocycles. The van der Waals surface area contributed by atoms with Gasteiger partial charge in [0.2, 0.25) is 0 Å². The number of benzene rings is 1. The number of carbonyl (C=O) groups is 3. The lowest BCUT2D eigenvalue weighted by Gasteiger charge is -2.49. The SMILES string of the molecule is CC[C@H]1OC(=O)[C@H](C)[C@@H](O[C@H]2C[C@@](C)(OC)[C@@H](O)[C@H](C)O2)[C@H](C)[C@@H](O[C@@H]2O[C@H](C)C[C@H](N(C)CCc3cn(CC4CN(c5ccc(N6CCOCC6)c(F)c5)C(=O)O4)nn3)[C@H]2O)[C@](C)(O)C[C@@H](C)C(=O)[C@H](C)[C@@H](O)[C@]1(C)O. The molecular formula is C54H85FN6O16. The van der Waals surface area contributed by atoms with Crippen LogP contribution in [0.2, 0.25) is 0 Å². The Morgan fingerprint density at radius 2 is 1.62 bits per heavy atom. The highest BCUT2D eigenvalue weighted by molar-refractivity contribution is 5.90. The molecule has 77 heavy (non-hydrogen) atoms. The number of methoxy groups -OCH3 is 1. The van der Waals surface area contributed by atoms with Gasteiger partial charge in [0.05, 0.1) is 91.0 Å². The fraction of sp³-hybridized carbons (Fsp3) is 0.796. The Kier molecular flexibility index (Phi) is 19.5. The van der Waals surface area contributed by atoms with E-state index in [0.717, 1.165) is 0 Å². The zero-order valence-electron chi connectivity index (χ0n) is 46.8. The van der Waals surface area contributed by atoms with Gasteiger partial charge in [-0.1, -0.05) is 32.9 Å². The van der Waals surface area contributed by atoms with Crippen molar-refractivity contribution in [1.82, 2.24) is 19.9 Å². The summed E-state index contributed by atoms with van der Waals surface area (Å²) in [5.41, 5.74) is -3.59. The van der Waals surface area contributed by atoms with Crippen LogP contribution in [0.15, 0.2) is 24.4 Å². The summed E-state index contributed by atoms with van der Waals surface area (Å²) in [7, 11) is 3.32. The molecule has 0 spiro atoms. The monoisotopic (exact) mass is 1090 g/mol. The molecule has 22 nitrogen and oxygen atoms in total. The van der Waals surface area contributed by atoms with Crippen LogP contribution in [0.5, 0.6) is 0 Å². The number of halogens is 1. The standard InChI is InChI=1S/C54H85FN6O16/c1-13-41-54(10,69)46(64)31(4)43(62)29(2)24-52(8,68)48(32(5)45(33(6)49(66)75-41)76-42-25-53(9,70-12)47(65)34(7)73-42)77-50-44(63)40(22-30(3)72-50)58(11)17-16-35-26-60(57-56-35)27-37-28-61(51(67)74-37)36-14-15-39(38(55)23-36)59-18-20-71-21-19-59/h14-15,23,26,29-34,37,40-42,44-48,50,63-65,68-69H,13,16-22,24-25,27-28H2,1-12H3/t29-,30-,31+,32+,33-,34+,37?,40+,41-,42+,44-,45+,46-,47+,48-,50+,52-,53-,54-/m1/s1. The lowest BCUT2D eigenvalue weighted by Crippen LogP contribution is -2.61. The quantitative estimate of drug-likeness (QED) is 0.170. The number of cyclic esters (lactones) is 2. The summed E-state index contributed by atoms with van der Waals surface area (Å²) in [5, 5.41) is 68.0. The van der Waals surface area contributed by atoms with Gasteiger partial charge in [0.1, 0.15) is 41.6 Å². The first-order chi connectivity index (χ1) is 36.2. The molecule has 1 unspecified atom stereocenters. The van der Waals surface area contributed by atoms with Gasteiger partial charge in [-0.25, -0.2) is 13.9 Å². The number of esters is 1. The van der Waals surface area contributed by atoms with Crippen molar-refractivity contribution in [2.45, 2.75) is 198 Å². The molecule has 1 amide bonds. The molecule has 19 atom stereocenters. The Morgan fingerprint density at radius 3 is 2.29 bits per heavy atom. The molecule has 5 aliphatic heterocycles. The highest BCUT2D eigenvalue weighted by Crippen LogP contribution is 2.41. The molecule has 434 valence electrons. The van der Waals surface area contributed by atoms with Crippen molar-refractivity contribution in [2.75, 3.05) is 63.4 Å². The summed E-state index contributed by atoms with van der Waals surface area (Å²) >= 11 is 0. The molecule has 1 aromatic heterocycles. The van der Waals surface area contributed by atoms with Gasteiger partial charge in [-0.3, -0.25) is 14.5 Å². The summed E-state index contributed by atoms with van der Waals surface area (Å²) in [4.78, 5) is 46.8. The first-order valence-electron chi connectivity index (χ1n) is 27.3. The molecule has 0 saturated carbocycles. The van der Waals surface area contributed by atoms with Gasteiger partial charge in [0.15, 0.2) is 12.6 Å². The fourth-order valence-electron chi connectivity index (χ4n) is 12.1. The zero-order chi connectivity index (χ0) is 56.5. The molecule has 0 radical (unpaired) electrons. The third-order valence-corrected chi connectivity index (χ3v) is 16.9. The maximum Gasteiger partial charge on any atom is 0.414 e. The van der Waals surface area contributed by atoms with Gasteiger partial charge >= 0.3 is 12.1 Å². The van der Waals surface area contributed by atoms with Crippen molar-refractivity contribution in [3.05, 3.63) is 35.9 Å². The van der Waals surface area contributed by atoms with Gasteiger partial charge in [-0.05, 0) is 86.1 Å². The molecule has 23 heteroatoms. The molecule has 2 aromatic rings. The van der Waals surface area contributed by atoms with E-state index in [4.69, 9.17) is 37.9 Å². The Bertz CT molecular complexity index is 2320. The summed E-state index contributed by atoms with van der Waals surface area (Å²) in [6, 6.07) is 4.18. The first kappa shape index (κ1) is 60.7. The fourth-order valence-corrected chi connectivity index (χ4v) is 12.1. The normalized spacial score (nSPS) is 40.1. The van der Waals surface area contributed by atoms with Gasteiger partial charge < -0.3 is 73.2 Å². The van der Waals surface area contributed by atoms with Crippen LogP contribution in [0.1, 0.15) is 101 Å². The van der Waals surface area contributed by atoms with Crippen molar-refractivity contribution in [1.29, 1.82) is 0 Å². The van der Waals surface area contributed by atoms with E-state index in [2.05, 4.69) is 10.3 Å². The van der Waals surface area contributed by atoms with Crippen LogP contribution >= 0.6 is 0 Å². The lowest BCUT2D eigenvalue weighted by atomic mass is 9.74. The molecule has 5 fully saturated rings. The van der Waals surface area contributed by atoms with Crippen LogP contribution in [-0.4, -0.2) is 207 Å². The van der Waals surface area contributed by atoms with Crippen molar-refractivity contribution in [3.63, 3.8) is 0 Å². The van der Waals surface area contributed by atoms with E-state index in [9.17, 15) is 39.9 Å². The third-order valence-electron chi connectivity index (χ3n) is 16.9. The molecular weight excluding hydrogens is 1010 g/mol. The van der Waals surface area contributed by atoms with Crippen LogP contribution in [0.3, 0.4) is 0 Å². The number of hydrogen-bond donors (Lipinski definition) is 5. The van der Waals surface area contributed by atoms with E-state index in [1.54, 1.807) is 64.6 Å². The van der Waals surface area contributed by atoms with Crippen LogP contribution in [0.25, 0.3) is 0 Å². The van der Waals surface area contributed by atoms with E-state index < -0.39 is 138 Å². The van der Waals surface area contributed by atoms with E-state index in [1.807, 2.05) is 23.8 Å². The molecule has 0 bridgehead atoms. The topological polar surface area (TPSA) is 267 Å². The zero-order valence-corrected chi connectivity index (χ0v) is 46.8. The maximum absolute atomic E-state index is 15.2. The van der Waals surface area contributed by atoms with Gasteiger partial charge in [-0.2, -0.15) is 0 Å². The minimum absolute atomic E-state index is 0.0417. The number of likely N-dealkylation sites (N-methyl/N-ethyl adjacent to an activating group) is 1. The minimum Gasteiger partial charge on any atom is -0.459 e. The molecule has 5 saturated heterocycles. The average molecular weight is 1090 g/mol. The summed E-state index contributed by atoms with van der Waals surface area (Å²) in [6.07, 6.45) is -9.99. The Labute approximate surface area is 451 Å². The van der Waals surface area contributed by atoms with E-state index in [1.165, 1.54) is 38.8 Å². The number of aliphatic hydroxyl groups is 5. The highest BCUT2D eigenvalue weighted by Gasteiger charge is 2.54. The van der Waals surface area contributed by atoms with E-state index in [0.29, 0.717) is 62.8 Å². The average Bonchev–Trinajstić information content (AvgIpc) is 4.01. The second kappa shape index (κ2) is 24.8. The first-order valence-corrected chi connectivity index (χ1v) is 27.3. The number of ether oxygens (including phenoxy) is 8. The third kappa shape index (κ3) is 13.5. The van der Waals surface area contributed by atoms with Crippen molar-refractivity contribution < 1.29 is 82.2 Å². The number of ketones is 1. The number of morpholine rings is 1. The summed E-state index contributed by atoms with van der Waals surface area (Å²) in [5.74, 6) is -5.82. The predicted octanol–water partition coefficient (Wildman–Crippen LogP) is 2.99. The summed E-state index contributed by atoms with van der Waals surface area (Å²) in [6.45, 7) is 19.1. The molecule has 5 aliphatic rings. The number of aromatic nitrogens is 3. The number of rotatable bonds is 14. The minimum atomic E-state index is -2.05. The van der Waals surface area contributed by atoms with Crippen LogP contribution in [-0.2, 0) is 60.4 Å². The Morgan fingerprint density at radius 1 is 0.922 bits per heavy atom. The molecule has 0 aliphatic carbocycles. The number of amides is 1. The number of anilines is 2. The predicted molar refractivity (Wildman–Crippen MR) is 276 cm³/mol. The van der Waals surface area contributed by atoms with Crippen molar-refractivity contribution in [2.24, 2.45) is 23.7 Å². The number of hydrogen-bond acceptors (Lipinski definition) is 20. The summed E-state index contributed by atoms with van der Waals surface area (Å²) < 4.78 is 65.7. The molecule has 5 N–H and O–H groups in total. The van der Waals surface area contributed by atoms with Gasteiger partial charge in [0, 0.05) is 69.6 Å². The number of aliphatic hydroxyl groups excluding tert-OH is 3. The van der Waals surface area contributed by atoms with Gasteiger partial charge in [0.25, 0.3) is 0 Å². The van der Waals surface area contributed by atoms with Gasteiger partial charge in [-0.15, -0.1) is 5.10 Å². The second-order valence-corrected chi connectivity index (χ2v) is 23.0. The smallest absolute Gasteiger partial charge is 0.414 e. The number of nitrogens with zero attached hydrogens (tertiary/aromatic N) is 6. The van der Waals surface area contributed by atoms with E-state index >= 15 is 4.39 Å².